The van der Waals surface area contributed by atoms with Crippen LogP contribution < -0.4 is 5.32 Å². The zero-order chi connectivity index (χ0) is 14.3. The summed E-state index contributed by atoms with van der Waals surface area (Å²) in [5, 5.41) is 3.23. The molecule has 0 aromatic carbocycles. The van der Waals surface area contributed by atoms with Crippen LogP contribution in [0.2, 0.25) is 0 Å². The predicted octanol–water partition coefficient (Wildman–Crippen LogP) is 1.53. The Balaban J connectivity index is 1.77. The molecule has 0 saturated carbocycles. The van der Waals surface area contributed by atoms with E-state index in [1.54, 1.807) is 4.90 Å². The fraction of sp³-hybridized carbons (Fsp3) is 0.538. The third-order valence-corrected chi connectivity index (χ3v) is 4.01. The van der Waals surface area contributed by atoms with Crippen molar-refractivity contribution < 1.29 is 18.0 Å². The first-order valence-corrected chi connectivity index (χ1v) is 6.52. The minimum Gasteiger partial charge on any atom is -0.334 e. The van der Waals surface area contributed by atoms with Gasteiger partial charge in [-0.25, -0.2) is 0 Å². The predicted molar refractivity (Wildman–Crippen MR) is 65.0 cm³/mol. The summed E-state index contributed by atoms with van der Waals surface area (Å²) in [5.41, 5.74) is -0.763. The summed E-state index contributed by atoms with van der Waals surface area (Å²) >= 11 is 0. The number of rotatable bonds is 1. The highest BCUT2D eigenvalue weighted by molar-refractivity contribution is 5.94. The van der Waals surface area contributed by atoms with Crippen LogP contribution in [0, 0.1) is 5.92 Å². The second kappa shape index (κ2) is 4.73. The van der Waals surface area contributed by atoms with E-state index in [0.717, 1.165) is 31.8 Å². The molecule has 108 valence electrons. The molecule has 2 saturated heterocycles. The van der Waals surface area contributed by atoms with Crippen molar-refractivity contribution in [3.05, 3.63) is 29.6 Å². The van der Waals surface area contributed by atoms with Crippen LogP contribution in [0.25, 0.3) is 0 Å². The standard InChI is InChI=1S/C13H14F3N3O/c14-13(15,16)11-2-1-9(6-18-11)12(20)19-4-3-8-5-17-7-10(8)19/h1-2,6,8,10,17H,3-5,7H2/t8-,10+/m0/s1. The van der Waals surface area contributed by atoms with E-state index in [-0.39, 0.29) is 17.5 Å². The molecular formula is C13H14F3N3O. The van der Waals surface area contributed by atoms with Crippen LogP contribution in [0.3, 0.4) is 0 Å². The molecule has 2 aliphatic heterocycles. The Hall–Kier alpha value is -1.63. The monoisotopic (exact) mass is 285 g/mol. The molecule has 1 aromatic rings. The van der Waals surface area contributed by atoms with Crippen LogP contribution in [-0.4, -0.2) is 41.5 Å². The highest BCUT2D eigenvalue weighted by Crippen LogP contribution is 2.30. The first-order chi connectivity index (χ1) is 9.47. The summed E-state index contributed by atoms with van der Waals surface area (Å²) in [7, 11) is 0. The SMILES string of the molecule is O=C(c1ccc(C(F)(F)F)nc1)N1CC[C@H]2CNC[C@H]21. The average Bonchev–Trinajstić information content (AvgIpc) is 2.99. The largest absolute Gasteiger partial charge is 0.433 e. The topological polar surface area (TPSA) is 45.2 Å². The van der Waals surface area contributed by atoms with E-state index in [1.165, 1.54) is 6.07 Å². The van der Waals surface area contributed by atoms with Gasteiger partial charge in [-0.15, -0.1) is 0 Å². The molecule has 2 atom stereocenters. The Kier molecular flexibility index (Phi) is 3.16. The molecule has 3 heterocycles. The van der Waals surface area contributed by atoms with Crippen LogP contribution in [-0.2, 0) is 6.18 Å². The number of fused-ring (bicyclic) bond motifs is 1. The van der Waals surface area contributed by atoms with Gasteiger partial charge in [-0.1, -0.05) is 0 Å². The fourth-order valence-corrected chi connectivity index (χ4v) is 2.96. The van der Waals surface area contributed by atoms with Crippen LogP contribution >= 0.6 is 0 Å². The van der Waals surface area contributed by atoms with Gasteiger partial charge < -0.3 is 10.2 Å². The highest BCUT2D eigenvalue weighted by Gasteiger charge is 2.40. The number of aromatic nitrogens is 1. The Morgan fingerprint density at radius 1 is 1.35 bits per heavy atom. The van der Waals surface area contributed by atoms with Gasteiger partial charge >= 0.3 is 6.18 Å². The van der Waals surface area contributed by atoms with Gasteiger partial charge in [0.25, 0.3) is 5.91 Å². The Morgan fingerprint density at radius 3 is 2.80 bits per heavy atom. The van der Waals surface area contributed by atoms with Crippen molar-refractivity contribution in [2.45, 2.75) is 18.6 Å². The molecular weight excluding hydrogens is 271 g/mol. The average molecular weight is 285 g/mol. The number of amides is 1. The smallest absolute Gasteiger partial charge is 0.334 e. The zero-order valence-corrected chi connectivity index (χ0v) is 10.7. The van der Waals surface area contributed by atoms with E-state index < -0.39 is 11.9 Å². The van der Waals surface area contributed by atoms with Gasteiger partial charge in [0.15, 0.2) is 0 Å². The summed E-state index contributed by atoms with van der Waals surface area (Å²) in [4.78, 5) is 17.4. The maximum absolute atomic E-state index is 12.4. The van der Waals surface area contributed by atoms with E-state index in [0.29, 0.717) is 12.5 Å². The summed E-state index contributed by atoms with van der Waals surface area (Å²) in [6.07, 6.45) is -2.52. The maximum atomic E-state index is 12.4. The molecule has 1 N–H and O–H groups in total. The van der Waals surface area contributed by atoms with Crippen molar-refractivity contribution in [2.24, 2.45) is 5.92 Å². The van der Waals surface area contributed by atoms with E-state index in [1.807, 2.05) is 0 Å². The molecule has 3 rings (SSSR count). The molecule has 7 heteroatoms. The Bertz CT molecular complexity index is 515. The van der Waals surface area contributed by atoms with Gasteiger partial charge in [0.2, 0.25) is 0 Å². The third kappa shape index (κ3) is 2.26. The molecule has 0 bridgehead atoms. The van der Waals surface area contributed by atoms with Crippen LogP contribution in [0.1, 0.15) is 22.5 Å². The summed E-state index contributed by atoms with van der Waals surface area (Å²) < 4.78 is 37.3. The maximum Gasteiger partial charge on any atom is 0.433 e. The molecule has 1 aromatic heterocycles. The van der Waals surface area contributed by atoms with Gasteiger partial charge in [0, 0.05) is 31.9 Å². The first kappa shape index (κ1) is 13.4. The number of likely N-dealkylation sites (tertiary alicyclic amines) is 1. The lowest BCUT2D eigenvalue weighted by Crippen LogP contribution is -2.39. The Morgan fingerprint density at radius 2 is 2.15 bits per heavy atom. The van der Waals surface area contributed by atoms with Gasteiger partial charge in [-0.05, 0) is 24.5 Å². The number of pyridine rings is 1. The summed E-state index contributed by atoms with van der Waals surface area (Å²) in [6.45, 7) is 2.32. The molecule has 4 nitrogen and oxygen atoms in total. The molecule has 0 aliphatic carbocycles. The molecule has 1 amide bonds. The van der Waals surface area contributed by atoms with Crippen molar-refractivity contribution in [3.8, 4) is 0 Å². The van der Waals surface area contributed by atoms with Crippen molar-refractivity contribution >= 4 is 5.91 Å². The molecule has 2 fully saturated rings. The lowest BCUT2D eigenvalue weighted by Gasteiger charge is -2.23. The minimum atomic E-state index is -4.48. The summed E-state index contributed by atoms with van der Waals surface area (Å²) in [5.74, 6) is 0.226. The lowest BCUT2D eigenvalue weighted by molar-refractivity contribution is -0.141. The minimum absolute atomic E-state index is 0.157. The van der Waals surface area contributed by atoms with Crippen molar-refractivity contribution in [3.63, 3.8) is 0 Å². The van der Waals surface area contributed by atoms with Crippen LogP contribution in [0.5, 0.6) is 0 Å². The lowest BCUT2D eigenvalue weighted by atomic mass is 10.0. The summed E-state index contributed by atoms with van der Waals surface area (Å²) in [6, 6.07) is 2.21. The fourth-order valence-electron chi connectivity index (χ4n) is 2.96. The van der Waals surface area contributed by atoms with E-state index in [4.69, 9.17) is 0 Å². The number of nitrogens with one attached hydrogen (secondary N) is 1. The van der Waals surface area contributed by atoms with Gasteiger partial charge in [0.1, 0.15) is 5.69 Å². The first-order valence-electron chi connectivity index (χ1n) is 6.52. The quantitative estimate of drug-likeness (QED) is 0.851. The third-order valence-electron chi connectivity index (χ3n) is 4.01. The van der Waals surface area contributed by atoms with Gasteiger partial charge in [-0.2, -0.15) is 13.2 Å². The molecule has 2 aliphatic rings. The van der Waals surface area contributed by atoms with Gasteiger partial charge in [-0.3, -0.25) is 9.78 Å². The number of alkyl halides is 3. The zero-order valence-electron chi connectivity index (χ0n) is 10.7. The number of hydrogen-bond donors (Lipinski definition) is 1. The second-order valence-electron chi connectivity index (χ2n) is 5.20. The molecule has 0 unspecified atom stereocenters. The Labute approximate surface area is 114 Å². The number of carbonyl (C=O) groups is 1. The van der Waals surface area contributed by atoms with Crippen molar-refractivity contribution in [2.75, 3.05) is 19.6 Å². The van der Waals surface area contributed by atoms with Crippen LogP contribution in [0.4, 0.5) is 13.2 Å². The van der Waals surface area contributed by atoms with E-state index >= 15 is 0 Å². The molecule has 0 radical (unpaired) electrons. The van der Waals surface area contributed by atoms with E-state index in [2.05, 4.69) is 10.3 Å². The number of halogens is 3. The second-order valence-corrected chi connectivity index (χ2v) is 5.20. The normalized spacial score (nSPS) is 25.9. The molecule has 0 spiro atoms. The van der Waals surface area contributed by atoms with E-state index in [9.17, 15) is 18.0 Å². The number of nitrogens with zero attached hydrogens (tertiary/aromatic N) is 2. The highest BCUT2D eigenvalue weighted by atomic mass is 19.4. The van der Waals surface area contributed by atoms with Crippen molar-refractivity contribution in [1.82, 2.24) is 15.2 Å². The molecule has 20 heavy (non-hydrogen) atoms. The number of hydrogen-bond acceptors (Lipinski definition) is 3. The van der Waals surface area contributed by atoms with Crippen molar-refractivity contribution in [1.29, 1.82) is 0 Å². The van der Waals surface area contributed by atoms with Crippen LogP contribution in [0.15, 0.2) is 18.3 Å². The number of carbonyl (C=O) groups excluding carboxylic acids is 1. The van der Waals surface area contributed by atoms with Gasteiger partial charge in [0.05, 0.1) is 5.56 Å².